The van der Waals surface area contributed by atoms with Crippen molar-refractivity contribution in [2.45, 2.75) is 84.0 Å². The molecule has 0 heterocycles. The summed E-state index contributed by atoms with van der Waals surface area (Å²) < 4.78 is 0. The fourth-order valence-electron chi connectivity index (χ4n) is 2.65. The van der Waals surface area contributed by atoms with Crippen molar-refractivity contribution in [1.82, 2.24) is 0 Å². The quantitative estimate of drug-likeness (QED) is 0.572. The van der Waals surface area contributed by atoms with Crippen molar-refractivity contribution in [3.8, 4) is 0 Å². The van der Waals surface area contributed by atoms with Crippen molar-refractivity contribution >= 4 is 5.78 Å². The number of rotatable bonds is 0. The van der Waals surface area contributed by atoms with Crippen LogP contribution in [0.15, 0.2) is 0 Å². The molecule has 0 amide bonds. The zero-order valence-corrected chi connectivity index (χ0v) is 11.0. The van der Waals surface area contributed by atoms with E-state index in [1.807, 2.05) is 0 Å². The van der Waals surface area contributed by atoms with Crippen molar-refractivity contribution in [2.75, 3.05) is 0 Å². The van der Waals surface area contributed by atoms with Crippen LogP contribution in [0.1, 0.15) is 84.0 Å². The Morgan fingerprint density at radius 3 is 1.94 bits per heavy atom. The van der Waals surface area contributed by atoms with Crippen molar-refractivity contribution in [3.05, 3.63) is 0 Å². The van der Waals surface area contributed by atoms with Crippen LogP contribution in [0.3, 0.4) is 0 Å². The van der Waals surface area contributed by atoms with Gasteiger partial charge in [0.1, 0.15) is 5.78 Å². The summed E-state index contributed by atoms with van der Waals surface area (Å²) in [5.41, 5.74) is 0. The van der Waals surface area contributed by atoms with Gasteiger partial charge in [0.15, 0.2) is 0 Å². The van der Waals surface area contributed by atoms with Crippen LogP contribution in [0.4, 0.5) is 0 Å². The first-order valence-corrected chi connectivity index (χ1v) is 7.31. The molecule has 94 valence electrons. The molecule has 0 aliphatic heterocycles. The Hall–Kier alpha value is -0.330. The first-order valence-electron chi connectivity index (χ1n) is 7.31. The summed E-state index contributed by atoms with van der Waals surface area (Å²) in [6, 6.07) is 0. The average molecular weight is 224 g/mol. The second-order valence-corrected chi connectivity index (χ2v) is 5.57. The van der Waals surface area contributed by atoms with Crippen LogP contribution >= 0.6 is 0 Å². The second-order valence-electron chi connectivity index (χ2n) is 5.57. The van der Waals surface area contributed by atoms with E-state index in [-0.39, 0.29) is 0 Å². The topological polar surface area (TPSA) is 17.1 Å². The Bertz CT molecular complexity index is 186. The molecule has 1 aliphatic rings. The van der Waals surface area contributed by atoms with E-state index in [2.05, 4.69) is 6.92 Å². The van der Waals surface area contributed by atoms with Crippen molar-refractivity contribution in [3.63, 3.8) is 0 Å². The lowest BCUT2D eigenvalue weighted by molar-refractivity contribution is -0.120. The molecular weight excluding hydrogens is 196 g/mol. The molecule has 1 rings (SSSR count). The molecule has 1 fully saturated rings. The molecule has 0 N–H and O–H groups in total. The molecule has 1 atom stereocenters. The Morgan fingerprint density at radius 1 is 0.812 bits per heavy atom. The molecule has 1 aliphatic carbocycles. The van der Waals surface area contributed by atoms with Crippen LogP contribution in [0, 0.1) is 5.92 Å². The molecular formula is C15H28O. The Balaban J connectivity index is 2.23. The standard InChI is InChI=1S/C15H28O/c1-14-11-9-7-5-3-2-4-6-8-10-12-15(16)13-14/h14H,2-13H2,1H3/t14-/m0/s1. The fraction of sp³-hybridized carbons (Fsp3) is 0.933. The van der Waals surface area contributed by atoms with Crippen molar-refractivity contribution in [2.24, 2.45) is 5.92 Å². The van der Waals surface area contributed by atoms with E-state index in [4.69, 9.17) is 0 Å². The molecule has 0 aromatic carbocycles. The Morgan fingerprint density at radius 2 is 1.31 bits per heavy atom. The van der Waals surface area contributed by atoms with Gasteiger partial charge in [0.2, 0.25) is 0 Å². The number of carbonyl (C=O) groups is 1. The van der Waals surface area contributed by atoms with E-state index in [0.29, 0.717) is 11.7 Å². The molecule has 0 radical (unpaired) electrons. The van der Waals surface area contributed by atoms with Gasteiger partial charge in [0, 0.05) is 12.8 Å². The molecule has 0 aromatic rings. The van der Waals surface area contributed by atoms with Gasteiger partial charge >= 0.3 is 0 Å². The van der Waals surface area contributed by atoms with Gasteiger partial charge in [-0.1, -0.05) is 64.7 Å². The first-order chi connectivity index (χ1) is 7.79. The highest BCUT2D eigenvalue weighted by atomic mass is 16.1. The monoisotopic (exact) mass is 224 g/mol. The summed E-state index contributed by atoms with van der Waals surface area (Å²) in [6.45, 7) is 2.24. The summed E-state index contributed by atoms with van der Waals surface area (Å²) >= 11 is 0. The summed E-state index contributed by atoms with van der Waals surface area (Å²) in [7, 11) is 0. The predicted molar refractivity (Wildman–Crippen MR) is 69.6 cm³/mol. The third-order valence-electron chi connectivity index (χ3n) is 3.73. The minimum Gasteiger partial charge on any atom is -0.300 e. The van der Waals surface area contributed by atoms with Gasteiger partial charge < -0.3 is 0 Å². The highest BCUT2D eigenvalue weighted by molar-refractivity contribution is 5.78. The van der Waals surface area contributed by atoms with Gasteiger partial charge in [-0.25, -0.2) is 0 Å². The molecule has 16 heavy (non-hydrogen) atoms. The zero-order chi connectivity index (χ0) is 11.6. The van der Waals surface area contributed by atoms with E-state index in [1.54, 1.807) is 0 Å². The molecule has 0 saturated heterocycles. The van der Waals surface area contributed by atoms with E-state index < -0.39 is 0 Å². The second kappa shape index (κ2) is 8.78. The van der Waals surface area contributed by atoms with Crippen molar-refractivity contribution < 1.29 is 4.79 Å². The SMILES string of the molecule is C[C@H]1CCCCCCCCCCCC(=O)C1. The molecule has 0 unspecified atom stereocenters. The maximum absolute atomic E-state index is 11.7. The number of ketones is 1. The summed E-state index contributed by atoms with van der Waals surface area (Å²) in [5.74, 6) is 1.12. The summed E-state index contributed by atoms with van der Waals surface area (Å²) in [4.78, 5) is 11.7. The summed E-state index contributed by atoms with van der Waals surface area (Å²) in [5, 5.41) is 0. The van der Waals surface area contributed by atoms with E-state index >= 15 is 0 Å². The first kappa shape index (κ1) is 13.7. The van der Waals surface area contributed by atoms with Gasteiger partial charge in [-0.2, -0.15) is 0 Å². The normalized spacial score (nSPS) is 27.3. The van der Waals surface area contributed by atoms with Gasteiger partial charge in [-0.05, 0) is 12.3 Å². The molecule has 1 nitrogen and oxygen atoms in total. The maximum Gasteiger partial charge on any atom is 0.133 e. The molecule has 0 spiro atoms. The maximum atomic E-state index is 11.7. The third-order valence-corrected chi connectivity index (χ3v) is 3.73. The molecule has 1 heteroatoms. The van der Waals surface area contributed by atoms with Gasteiger partial charge in [-0.15, -0.1) is 0 Å². The van der Waals surface area contributed by atoms with Crippen LogP contribution in [0.2, 0.25) is 0 Å². The predicted octanol–water partition coefficient (Wildman–Crippen LogP) is 4.89. The zero-order valence-electron chi connectivity index (χ0n) is 11.0. The highest BCUT2D eigenvalue weighted by Crippen LogP contribution is 2.18. The van der Waals surface area contributed by atoms with E-state index in [0.717, 1.165) is 19.3 Å². The smallest absolute Gasteiger partial charge is 0.133 e. The van der Waals surface area contributed by atoms with Gasteiger partial charge in [0.05, 0.1) is 0 Å². The largest absolute Gasteiger partial charge is 0.300 e. The lowest BCUT2D eigenvalue weighted by atomic mass is 9.94. The minimum absolute atomic E-state index is 0.504. The number of hydrogen-bond donors (Lipinski definition) is 0. The van der Waals surface area contributed by atoms with Crippen LogP contribution < -0.4 is 0 Å². The minimum atomic E-state index is 0.504. The van der Waals surface area contributed by atoms with Crippen LogP contribution in [-0.2, 0) is 4.79 Å². The van der Waals surface area contributed by atoms with Gasteiger partial charge in [-0.3, -0.25) is 4.79 Å². The number of carbonyl (C=O) groups excluding carboxylic acids is 1. The van der Waals surface area contributed by atoms with Gasteiger partial charge in [0.25, 0.3) is 0 Å². The highest BCUT2D eigenvalue weighted by Gasteiger charge is 2.09. The van der Waals surface area contributed by atoms with E-state index in [1.165, 1.54) is 57.8 Å². The Labute approximate surface area is 101 Å². The van der Waals surface area contributed by atoms with E-state index in [9.17, 15) is 4.79 Å². The van der Waals surface area contributed by atoms with Crippen LogP contribution in [0.25, 0.3) is 0 Å². The van der Waals surface area contributed by atoms with Crippen LogP contribution in [-0.4, -0.2) is 5.78 Å². The van der Waals surface area contributed by atoms with Crippen molar-refractivity contribution in [1.29, 1.82) is 0 Å². The third kappa shape index (κ3) is 7.03. The lowest BCUT2D eigenvalue weighted by Crippen LogP contribution is -2.05. The molecule has 1 saturated carbocycles. The van der Waals surface area contributed by atoms with Crippen LogP contribution in [0.5, 0.6) is 0 Å². The number of Topliss-reactive ketones (excluding diaryl/α,β-unsaturated/α-hetero) is 1. The molecule has 0 aromatic heterocycles. The average Bonchev–Trinajstić information content (AvgIpc) is 2.25. The lowest BCUT2D eigenvalue weighted by Gasteiger charge is -2.11. The Kier molecular flexibility index (Phi) is 7.54. The fourth-order valence-corrected chi connectivity index (χ4v) is 2.65. The number of hydrogen-bond acceptors (Lipinski definition) is 1. The molecule has 0 bridgehead atoms. The summed E-state index contributed by atoms with van der Waals surface area (Å²) in [6.07, 6.45) is 15.0.